The normalized spacial score (nSPS) is 11.1. The second kappa shape index (κ2) is 8.32. The number of thiophene rings is 1. The van der Waals surface area contributed by atoms with Crippen LogP contribution in [0.4, 0.5) is 10.1 Å². The molecule has 0 bridgehead atoms. The Morgan fingerprint density at radius 3 is 2.59 bits per heavy atom. The summed E-state index contributed by atoms with van der Waals surface area (Å²) in [5.74, 6) is -0.733. The average Bonchev–Trinajstić information content (AvgIpc) is 3.17. The minimum Gasteiger partial charge on any atom is -0.352 e. The number of benzene rings is 2. The molecule has 0 aliphatic carbocycles. The van der Waals surface area contributed by atoms with Crippen LogP contribution in [0.15, 0.2) is 70.3 Å². The molecule has 8 heteroatoms. The van der Waals surface area contributed by atoms with Crippen LogP contribution in [0.3, 0.4) is 0 Å². The summed E-state index contributed by atoms with van der Waals surface area (Å²) in [7, 11) is -3.75. The molecule has 0 unspecified atom stereocenters. The van der Waals surface area contributed by atoms with E-state index in [1.165, 1.54) is 24.3 Å². The van der Waals surface area contributed by atoms with Crippen molar-refractivity contribution in [2.45, 2.75) is 10.6 Å². The van der Waals surface area contributed by atoms with Gasteiger partial charge in [0.1, 0.15) is 10.0 Å². The van der Waals surface area contributed by atoms with Gasteiger partial charge in [-0.25, -0.2) is 12.8 Å². The highest BCUT2D eigenvalue weighted by Crippen LogP contribution is 2.22. The molecule has 0 atom stereocenters. The summed E-state index contributed by atoms with van der Waals surface area (Å²) in [6.07, 6.45) is 0.465. The molecule has 140 valence electrons. The van der Waals surface area contributed by atoms with Gasteiger partial charge in [0.2, 0.25) is 0 Å². The Morgan fingerprint density at radius 1 is 1.04 bits per heavy atom. The zero-order valence-electron chi connectivity index (χ0n) is 14.2. The highest BCUT2D eigenvalue weighted by atomic mass is 32.2. The van der Waals surface area contributed by atoms with Gasteiger partial charge < -0.3 is 5.32 Å². The number of nitrogens with one attached hydrogen (secondary N) is 2. The quantitative estimate of drug-likeness (QED) is 0.631. The van der Waals surface area contributed by atoms with Crippen molar-refractivity contribution in [2.24, 2.45) is 0 Å². The number of hydrogen-bond donors (Lipinski definition) is 2. The number of carbonyl (C=O) groups is 1. The molecule has 1 amide bonds. The van der Waals surface area contributed by atoms with Crippen LogP contribution >= 0.6 is 11.3 Å². The number of hydrogen-bond acceptors (Lipinski definition) is 4. The highest BCUT2D eigenvalue weighted by molar-refractivity contribution is 7.94. The monoisotopic (exact) mass is 404 g/mol. The van der Waals surface area contributed by atoms with Crippen molar-refractivity contribution in [3.63, 3.8) is 0 Å². The predicted octanol–water partition coefficient (Wildman–Crippen LogP) is 3.66. The van der Waals surface area contributed by atoms with Crippen LogP contribution in [-0.4, -0.2) is 20.9 Å². The van der Waals surface area contributed by atoms with E-state index in [9.17, 15) is 17.6 Å². The molecule has 2 aromatic carbocycles. The molecule has 1 aromatic heterocycles. The Hall–Kier alpha value is -2.71. The number of anilines is 1. The van der Waals surface area contributed by atoms with Crippen LogP contribution in [0, 0.1) is 5.82 Å². The Balaban J connectivity index is 1.69. The first-order valence-electron chi connectivity index (χ1n) is 8.14. The molecule has 0 aliphatic heterocycles. The van der Waals surface area contributed by atoms with E-state index in [-0.39, 0.29) is 21.3 Å². The third-order valence-electron chi connectivity index (χ3n) is 3.76. The van der Waals surface area contributed by atoms with Crippen LogP contribution in [0.25, 0.3) is 0 Å². The molecule has 3 aromatic rings. The molecular formula is C19H17FN2O3S2. The first-order valence-corrected chi connectivity index (χ1v) is 10.5. The number of rotatable bonds is 7. The van der Waals surface area contributed by atoms with Crippen molar-refractivity contribution < 1.29 is 17.6 Å². The molecule has 0 spiro atoms. The molecule has 0 fully saturated rings. The number of sulfonamides is 1. The van der Waals surface area contributed by atoms with Crippen LogP contribution in [0.1, 0.15) is 15.9 Å². The second-order valence-electron chi connectivity index (χ2n) is 5.72. The maximum absolute atomic E-state index is 13.2. The standard InChI is InChI=1S/C19H17FN2O3S2/c20-15-6-3-5-14(13-15)10-11-21-19(23)16-7-1-2-8-17(16)22-27(24,25)18-9-4-12-26-18/h1-9,12-13,22H,10-11H2,(H,21,23). The third-order valence-corrected chi connectivity index (χ3v) is 6.53. The van der Waals surface area contributed by atoms with Crippen molar-refractivity contribution in [2.75, 3.05) is 11.3 Å². The fourth-order valence-electron chi connectivity index (χ4n) is 2.49. The van der Waals surface area contributed by atoms with Crippen molar-refractivity contribution in [1.29, 1.82) is 0 Å². The maximum Gasteiger partial charge on any atom is 0.271 e. The van der Waals surface area contributed by atoms with Crippen molar-refractivity contribution in [3.8, 4) is 0 Å². The number of halogens is 1. The van der Waals surface area contributed by atoms with Crippen LogP contribution in [0.5, 0.6) is 0 Å². The lowest BCUT2D eigenvalue weighted by atomic mass is 10.1. The van der Waals surface area contributed by atoms with E-state index in [1.54, 1.807) is 41.8 Å². The predicted molar refractivity (Wildman–Crippen MR) is 104 cm³/mol. The molecule has 27 heavy (non-hydrogen) atoms. The van der Waals surface area contributed by atoms with E-state index in [0.29, 0.717) is 13.0 Å². The SMILES string of the molecule is O=C(NCCc1cccc(F)c1)c1ccccc1NS(=O)(=O)c1cccs1. The van der Waals surface area contributed by atoms with Crippen molar-refractivity contribution in [3.05, 3.63) is 83.0 Å². The van der Waals surface area contributed by atoms with Crippen LogP contribution < -0.4 is 10.0 Å². The van der Waals surface area contributed by atoms with E-state index in [0.717, 1.165) is 16.9 Å². The highest BCUT2D eigenvalue weighted by Gasteiger charge is 2.19. The van der Waals surface area contributed by atoms with E-state index >= 15 is 0 Å². The average molecular weight is 404 g/mol. The lowest BCUT2D eigenvalue weighted by molar-refractivity contribution is 0.0955. The molecule has 0 aliphatic rings. The zero-order valence-corrected chi connectivity index (χ0v) is 15.8. The number of amides is 1. The molecule has 5 nitrogen and oxygen atoms in total. The van der Waals surface area contributed by atoms with E-state index in [2.05, 4.69) is 10.0 Å². The van der Waals surface area contributed by atoms with Gasteiger partial charge in [0.15, 0.2) is 0 Å². The summed E-state index contributed by atoms with van der Waals surface area (Å²) in [5.41, 5.74) is 1.19. The van der Waals surface area contributed by atoms with Crippen molar-refractivity contribution in [1.82, 2.24) is 5.32 Å². The first-order chi connectivity index (χ1) is 13.0. The maximum atomic E-state index is 13.2. The summed E-state index contributed by atoms with van der Waals surface area (Å²) in [5, 5.41) is 4.40. The van der Waals surface area contributed by atoms with Gasteiger partial charge in [-0.3, -0.25) is 9.52 Å². The molecule has 0 saturated heterocycles. The molecule has 0 radical (unpaired) electrons. The smallest absolute Gasteiger partial charge is 0.271 e. The van der Waals surface area contributed by atoms with Crippen LogP contribution in [0.2, 0.25) is 0 Å². The molecule has 3 rings (SSSR count). The summed E-state index contributed by atoms with van der Waals surface area (Å²) in [6, 6.07) is 15.7. The van der Waals surface area contributed by atoms with Gasteiger partial charge in [-0.05, 0) is 47.7 Å². The topological polar surface area (TPSA) is 75.3 Å². The Labute approximate surface area is 160 Å². The van der Waals surface area contributed by atoms with Gasteiger partial charge in [-0.15, -0.1) is 11.3 Å². The van der Waals surface area contributed by atoms with Gasteiger partial charge in [-0.2, -0.15) is 0 Å². The lowest BCUT2D eigenvalue weighted by Crippen LogP contribution is -2.27. The number of para-hydroxylation sites is 1. The van der Waals surface area contributed by atoms with Gasteiger partial charge >= 0.3 is 0 Å². The Bertz CT molecular complexity index is 1030. The molecule has 1 heterocycles. The molecule has 0 saturated carbocycles. The van der Waals surface area contributed by atoms with Gasteiger partial charge in [-0.1, -0.05) is 30.3 Å². The van der Waals surface area contributed by atoms with Crippen LogP contribution in [-0.2, 0) is 16.4 Å². The first kappa shape index (κ1) is 19.1. The Morgan fingerprint density at radius 2 is 1.85 bits per heavy atom. The van der Waals surface area contributed by atoms with Gasteiger partial charge in [0, 0.05) is 6.54 Å². The molecular weight excluding hydrogens is 387 g/mol. The van der Waals surface area contributed by atoms with E-state index in [1.807, 2.05) is 0 Å². The Kier molecular flexibility index (Phi) is 5.88. The lowest BCUT2D eigenvalue weighted by Gasteiger charge is -2.12. The third kappa shape index (κ3) is 4.93. The zero-order chi connectivity index (χ0) is 19.3. The largest absolute Gasteiger partial charge is 0.352 e. The minimum absolute atomic E-state index is 0.170. The van der Waals surface area contributed by atoms with E-state index in [4.69, 9.17) is 0 Å². The van der Waals surface area contributed by atoms with Crippen molar-refractivity contribution >= 4 is 33.0 Å². The summed E-state index contributed by atoms with van der Waals surface area (Å²) >= 11 is 1.09. The minimum atomic E-state index is -3.75. The second-order valence-corrected chi connectivity index (χ2v) is 8.58. The number of carbonyl (C=O) groups excluding carboxylic acids is 1. The molecule has 2 N–H and O–H groups in total. The van der Waals surface area contributed by atoms with E-state index < -0.39 is 15.9 Å². The van der Waals surface area contributed by atoms with Gasteiger partial charge in [0.05, 0.1) is 11.3 Å². The summed E-state index contributed by atoms with van der Waals surface area (Å²) in [4.78, 5) is 12.5. The fraction of sp³-hybridized carbons (Fsp3) is 0.105. The van der Waals surface area contributed by atoms with Gasteiger partial charge in [0.25, 0.3) is 15.9 Å². The summed E-state index contributed by atoms with van der Waals surface area (Å²) in [6.45, 7) is 0.300. The summed E-state index contributed by atoms with van der Waals surface area (Å²) < 4.78 is 40.6. The fourth-order valence-corrected chi connectivity index (χ4v) is 4.56.